The number of halogens is 1. The van der Waals surface area contributed by atoms with E-state index in [2.05, 4.69) is 0 Å². The molecular formula is C42H57FN2O10. The van der Waals surface area contributed by atoms with Gasteiger partial charge in [0.2, 0.25) is 0 Å². The zero-order chi connectivity index (χ0) is 40.6. The number of hydrogen-bond acceptors (Lipinski definition) is 10. The van der Waals surface area contributed by atoms with E-state index in [1.807, 2.05) is 18.2 Å². The number of carbonyl (C=O) groups is 5. The van der Waals surface area contributed by atoms with Gasteiger partial charge in [-0.15, -0.1) is 0 Å². The second kappa shape index (κ2) is 18.4. The van der Waals surface area contributed by atoms with E-state index in [-0.39, 0.29) is 36.8 Å². The minimum Gasteiger partial charge on any atom is -0.458 e. The normalized spacial score (nSPS) is 17.2. The van der Waals surface area contributed by atoms with Crippen LogP contribution in [-0.2, 0) is 50.2 Å². The van der Waals surface area contributed by atoms with Crippen LogP contribution in [0.4, 0.5) is 14.0 Å². The standard InChI is InChI=1S/C42H57FN2O10/c1-9-34(41(5,6)43)42(45(8)39(50)55-40(2,3)4,32-19-17-30(18-20-32)31-21-23-51-24-22-31)37(48)54-38(49)44(7)33(25-28-15-16-28)36(47)53-27-35(46)52-26-29-13-11-10-12-14-29/h10-14,17-20,28,31,33-34H,9,15-16,21-27H2,1-8H3/t33-,34?,42+/m0/s1. The molecule has 302 valence electrons. The monoisotopic (exact) mass is 768 g/mol. The van der Waals surface area contributed by atoms with Crippen molar-refractivity contribution in [3.05, 3.63) is 71.3 Å². The zero-order valence-electron chi connectivity index (χ0n) is 33.4. The van der Waals surface area contributed by atoms with Gasteiger partial charge in [0.25, 0.3) is 0 Å². The van der Waals surface area contributed by atoms with Gasteiger partial charge in [-0.3, -0.25) is 9.80 Å². The van der Waals surface area contributed by atoms with Crippen molar-refractivity contribution < 1.29 is 52.0 Å². The van der Waals surface area contributed by atoms with Crippen molar-refractivity contribution in [2.75, 3.05) is 33.9 Å². The Kier molecular flexibility index (Phi) is 14.5. The fourth-order valence-electron chi connectivity index (χ4n) is 7.26. The molecule has 4 rings (SSSR count). The predicted octanol–water partition coefficient (Wildman–Crippen LogP) is 7.47. The van der Waals surface area contributed by atoms with Crippen LogP contribution < -0.4 is 0 Å². The van der Waals surface area contributed by atoms with Crippen LogP contribution in [0, 0.1) is 11.8 Å². The number of nitrogens with zero attached hydrogens (tertiary/aromatic N) is 2. The van der Waals surface area contributed by atoms with Gasteiger partial charge in [0.15, 0.2) is 12.1 Å². The van der Waals surface area contributed by atoms with E-state index in [9.17, 15) is 24.0 Å². The van der Waals surface area contributed by atoms with Crippen LogP contribution in [0.5, 0.6) is 0 Å². The van der Waals surface area contributed by atoms with Gasteiger partial charge >= 0.3 is 30.1 Å². The second-order valence-corrected chi connectivity index (χ2v) is 16.1. The molecule has 2 amide bonds. The molecule has 0 aromatic heterocycles. The Labute approximate surface area is 323 Å². The zero-order valence-corrected chi connectivity index (χ0v) is 33.4. The number of likely N-dealkylation sites (N-methyl/N-ethyl adjacent to an activating group) is 2. The second-order valence-electron chi connectivity index (χ2n) is 16.1. The van der Waals surface area contributed by atoms with Crippen LogP contribution >= 0.6 is 0 Å². The lowest BCUT2D eigenvalue weighted by Gasteiger charge is -2.48. The van der Waals surface area contributed by atoms with Crippen molar-refractivity contribution >= 4 is 30.1 Å². The molecule has 0 N–H and O–H groups in total. The largest absolute Gasteiger partial charge is 0.458 e. The van der Waals surface area contributed by atoms with E-state index in [4.69, 9.17) is 23.7 Å². The summed E-state index contributed by atoms with van der Waals surface area (Å²) in [6.45, 7) is 9.83. The van der Waals surface area contributed by atoms with E-state index in [0.717, 1.165) is 46.6 Å². The number of amides is 2. The Hall–Kier alpha value is -4.52. The molecule has 0 radical (unpaired) electrons. The maximum atomic E-state index is 16.5. The molecular weight excluding hydrogens is 711 g/mol. The maximum Gasteiger partial charge on any atom is 0.418 e. The SMILES string of the molecule is CCC(C(C)(C)F)[C@@](C(=O)OC(=O)N(C)[C@@H](CC1CC1)C(=O)OCC(=O)OCc1ccccc1)(c1ccc(C2CCOCC2)cc1)N(C)C(=O)OC(C)(C)C. The molecule has 1 heterocycles. The lowest BCUT2D eigenvalue weighted by atomic mass is 9.68. The topological polar surface area (TPSA) is 138 Å². The summed E-state index contributed by atoms with van der Waals surface area (Å²) < 4.78 is 43.9. The third-order valence-electron chi connectivity index (χ3n) is 10.3. The lowest BCUT2D eigenvalue weighted by molar-refractivity contribution is -0.165. The highest BCUT2D eigenvalue weighted by Crippen LogP contribution is 2.47. The first-order chi connectivity index (χ1) is 25.9. The molecule has 1 aliphatic heterocycles. The first kappa shape index (κ1) is 43.2. The molecule has 12 nitrogen and oxygen atoms in total. The summed E-state index contributed by atoms with van der Waals surface area (Å²) in [5.74, 6) is -3.82. The molecule has 1 unspecified atom stereocenters. The molecule has 1 saturated carbocycles. The van der Waals surface area contributed by atoms with Crippen molar-refractivity contribution in [3.63, 3.8) is 0 Å². The maximum absolute atomic E-state index is 16.5. The average Bonchev–Trinajstić information content (AvgIpc) is 3.97. The van der Waals surface area contributed by atoms with Crippen LogP contribution in [-0.4, -0.2) is 91.1 Å². The number of hydrogen-bond donors (Lipinski definition) is 0. The summed E-state index contributed by atoms with van der Waals surface area (Å²) in [5, 5.41) is 0. The van der Waals surface area contributed by atoms with Crippen LogP contribution in [0.2, 0.25) is 0 Å². The summed E-state index contributed by atoms with van der Waals surface area (Å²) in [4.78, 5) is 70.6. The smallest absolute Gasteiger partial charge is 0.418 e. The quantitative estimate of drug-likeness (QED) is 0.102. The van der Waals surface area contributed by atoms with Gasteiger partial charge in [-0.25, -0.2) is 28.4 Å². The van der Waals surface area contributed by atoms with Gasteiger partial charge < -0.3 is 23.7 Å². The number of rotatable bonds is 15. The molecule has 1 saturated heterocycles. The summed E-state index contributed by atoms with van der Waals surface area (Å²) >= 11 is 0. The molecule has 0 bridgehead atoms. The summed E-state index contributed by atoms with van der Waals surface area (Å²) in [6.07, 6.45) is 1.35. The van der Waals surface area contributed by atoms with Crippen LogP contribution in [0.15, 0.2) is 54.6 Å². The third kappa shape index (κ3) is 11.3. The van der Waals surface area contributed by atoms with E-state index in [0.29, 0.717) is 13.2 Å². The summed E-state index contributed by atoms with van der Waals surface area (Å²) in [5.41, 5.74) is -3.33. The first-order valence-electron chi connectivity index (χ1n) is 19.1. The Balaban J connectivity index is 1.66. The van der Waals surface area contributed by atoms with Crippen molar-refractivity contribution in [3.8, 4) is 0 Å². The van der Waals surface area contributed by atoms with Crippen molar-refractivity contribution in [2.24, 2.45) is 11.8 Å². The number of carbonyl (C=O) groups excluding carboxylic acids is 5. The third-order valence-corrected chi connectivity index (χ3v) is 10.3. The molecule has 1 aliphatic carbocycles. The number of esters is 3. The lowest BCUT2D eigenvalue weighted by Crippen LogP contribution is -2.63. The van der Waals surface area contributed by atoms with E-state index < -0.39 is 65.5 Å². The Bertz CT molecular complexity index is 1630. The summed E-state index contributed by atoms with van der Waals surface area (Å²) in [7, 11) is 2.62. The molecule has 2 aliphatic rings. The van der Waals surface area contributed by atoms with Crippen molar-refractivity contribution in [2.45, 2.75) is 115 Å². The molecule has 0 spiro atoms. The number of alkyl halides is 1. The van der Waals surface area contributed by atoms with Gasteiger partial charge in [-0.1, -0.05) is 74.4 Å². The average molecular weight is 769 g/mol. The molecule has 13 heteroatoms. The highest BCUT2D eigenvalue weighted by Gasteiger charge is 2.59. The number of ether oxygens (including phenoxy) is 5. The molecule has 2 aromatic rings. The van der Waals surface area contributed by atoms with Crippen molar-refractivity contribution in [1.82, 2.24) is 9.80 Å². The van der Waals surface area contributed by atoms with E-state index in [1.165, 1.54) is 27.9 Å². The Morgan fingerprint density at radius 1 is 0.855 bits per heavy atom. The minimum atomic E-state index is -2.21. The fraction of sp³-hybridized carbons (Fsp3) is 0.595. The highest BCUT2D eigenvalue weighted by atomic mass is 19.1. The molecule has 2 aromatic carbocycles. The van der Waals surface area contributed by atoms with Gasteiger partial charge in [0.05, 0.1) is 0 Å². The van der Waals surface area contributed by atoms with Crippen LogP contribution in [0.25, 0.3) is 0 Å². The van der Waals surface area contributed by atoms with E-state index in [1.54, 1.807) is 64.1 Å². The van der Waals surface area contributed by atoms with Gasteiger partial charge in [0.1, 0.15) is 23.9 Å². The Morgan fingerprint density at radius 3 is 2.02 bits per heavy atom. The molecule has 55 heavy (non-hydrogen) atoms. The molecule has 2 fully saturated rings. The van der Waals surface area contributed by atoms with E-state index >= 15 is 4.39 Å². The van der Waals surface area contributed by atoms with Crippen molar-refractivity contribution in [1.29, 1.82) is 0 Å². The van der Waals surface area contributed by atoms with Gasteiger partial charge in [0, 0.05) is 33.2 Å². The molecule has 3 atom stereocenters. The minimum absolute atomic E-state index is 0.0106. The van der Waals surface area contributed by atoms with Gasteiger partial charge in [-0.05, 0) is 88.8 Å². The first-order valence-corrected chi connectivity index (χ1v) is 19.1. The van der Waals surface area contributed by atoms with Crippen LogP contribution in [0.3, 0.4) is 0 Å². The predicted molar refractivity (Wildman–Crippen MR) is 201 cm³/mol. The summed E-state index contributed by atoms with van der Waals surface area (Å²) in [6, 6.07) is 14.8. The number of benzene rings is 2. The highest BCUT2D eigenvalue weighted by molar-refractivity contribution is 5.95. The van der Waals surface area contributed by atoms with Crippen LogP contribution in [0.1, 0.15) is 103 Å². The van der Waals surface area contributed by atoms with Gasteiger partial charge in [-0.2, -0.15) is 0 Å². The fourth-order valence-corrected chi connectivity index (χ4v) is 7.26. The Morgan fingerprint density at radius 2 is 1.47 bits per heavy atom.